The van der Waals surface area contributed by atoms with Crippen LogP contribution in [0, 0.1) is 0 Å². The van der Waals surface area contributed by atoms with Crippen molar-refractivity contribution < 1.29 is 8.42 Å². The minimum absolute atomic E-state index is 0.272. The van der Waals surface area contributed by atoms with Crippen LogP contribution in [0.25, 0.3) is 0 Å². The van der Waals surface area contributed by atoms with Gasteiger partial charge in [-0.3, -0.25) is 0 Å². The van der Waals surface area contributed by atoms with Gasteiger partial charge in [0.05, 0.1) is 5.88 Å². The molecule has 1 aromatic rings. The second kappa shape index (κ2) is 3.89. The summed E-state index contributed by atoms with van der Waals surface area (Å²) in [5.74, 6) is 0.272. The van der Waals surface area contributed by atoms with Gasteiger partial charge in [0, 0.05) is 6.26 Å². The Morgan fingerprint density at radius 2 is 2.15 bits per heavy atom. The lowest BCUT2D eigenvalue weighted by molar-refractivity contribution is 0.591. The Labute approximate surface area is 85.9 Å². The molecule has 0 aliphatic rings. The second-order valence-electron chi connectivity index (χ2n) is 2.64. The van der Waals surface area contributed by atoms with Gasteiger partial charge in [0.2, 0.25) is 0 Å². The fourth-order valence-corrected chi connectivity index (χ4v) is 2.59. The molecule has 13 heavy (non-hydrogen) atoms. The summed E-state index contributed by atoms with van der Waals surface area (Å²) in [5, 5.41) is 8.05. The van der Waals surface area contributed by atoms with E-state index in [4.69, 9.17) is 11.6 Å². The minimum atomic E-state index is -3.09. The van der Waals surface area contributed by atoms with Crippen LogP contribution >= 0.6 is 22.9 Å². The van der Waals surface area contributed by atoms with Crippen LogP contribution in [-0.4, -0.2) is 24.9 Å². The first-order valence-corrected chi connectivity index (χ1v) is 6.83. The monoisotopic (exact) mass is 240 g/mol. The molecule has 0 aromatic carbocycles. The maximum Gasteiger partial charge on any atom is 0.156 e. The lowest BCUT2D eigenvalue weighted by Gasteiger charge is -2.02. The molecule has 0 aliphatic heterocycles. The molecule has 1 atom stereocenters. The smallest absolute Gasteiger partial charge is 0.156 e. The Kier molecular flexibility index (Phi) is 3.26. The molecule has 7 heteroatoms. The fraction of sp³-hybridized carbons (Fsp3) is 0.667. The molecular formula is C6H9ClN2O2S2. The van der Waals surface area contributed by atoms with Gasteiger partial charge in [0.25, 0.3) is 0 Å². The van der Waals surface area contributed by atoms with E-state index < -0.39 is 15.1 Å². The van der Waals surface area contributed by atoms with Crippen molar-refractivity contribution in [2.24, 2.45) is 0 Å². The van der Waals surface area contributed by atoms with Crippen LogP contribution in [0.2, 0.25) is 0 Å². The van der Waals surface area contributed by atoms with Crippen molar-refractivity contribution >= 4 is 32.8 Å². The van der Waals surface area contributed by atoms with Crippen LogP contribution in [0.5, 0.6) is 0 Å². The van der Waals surface area contributed by atoms with Crippen molar-refractivity contribution in [3.8, 4) is 0 Å². The van der Waals surface area contributed by atoms with Gasteiger partial charge in [-0.25, -0.2) is 8.42 Å². The summed E-state index contributed by atoms with van der Waals surface area (Å²) in [6, 6.07) is 0. The van der Waals surface area contributed by atoms with Gasteiger partial charge in [0.15, 0.2) is 9.84 Å². The van der Waals surface area contributed by atoms with E-state index in [1.165, 1.54) is 17.6 Å². The van der Waals surface area contributed by atoms with E-state index >= 15 is 0 Å². The van der Waals surface area contributed by atoms with E-state index in [2.05, 4.69) is 10.2 Å². The first kappa shape index (κ1) is 10.9. The van der Waals surface area contributed by atoms with E-state index in [-0.39, 0.29) is 5.88 Å². The minimum Gasteiger partial charge on any atom is -0.228 e. The maximum absolute atomic E-state index is 11.1. The Morgan fingerprint density at radius 3 is 2.54 bits per heavy atom. The maximum atomic E-state index is 11.1. The van der Waals surface area contributed by atoms with Crippen LogP contribution in [0.4, 0.5) is 0 Å². The predicted octanol–water partition coefficient (Wildman–Crippen LogP) is 1.38. The number of alkyl halides is 1. The molecule has 1 unspecified atom stereocenters. The van der Waals surface area contributed by atoms with Gasteiger partial charge < -0.3 is 0 Å². The summed E-state index contributed by atoms with van der Waals surface area (Å²) >= 11 is 6.75. The quantitative estimate of drug-likeness (QED) is 0.749. The standard InChI is InChI=1S/C6H9ClN2O2S2/c1-4(13(2,10)11)6-9-8-5(3-7)12-6/h4H,3H2,1-2H3. The lowest BCUT2D eigenvalue weighted by Crippen LogP contribution is -2.07. The van der Waals surface area contributed by atoms with E-state index in [0.29, 0.717) is 10.0 Å². The Hall–Kier alpha value is -0.200. The van der Waals surface area contributed by atoms with Gasteiger partial charge in [-0.1, -0.05) is 11.3 Å². The lowest BCUT2D eigenvalue weighted by atomic mass is 10.5. The van der Waals surface area contributed by atoms with E-state index in [1.54, 1.807) is 6.92 Å². The highest BCUT2D eigenvalue weighted by Crippen LogP contribution is 2.24. The molecule has 0 N–H and O–H groups in total. The van der Waals surface area contributed by atoms with Crippen molar-refractivity contribution in [2.75, 3.05) is 6.26 Å². The Morgan fingerprint density at radius 1 is 1.54 bits per heavy atom. The van der Waals surface area contributed by atoms with Crippen LogP contribution in [0.15, 0.2) is 0 Å². The number of aromatic nitrogens is 2. The Bertz CT molecular complexity index is 387. The molecule has 0 spiro atoms. The molecule has 74 valence electrons. The first-order chi connectivity index (χ1) is 5.95. The summed E-state index contributed by atoms with van der Waals surface area (Å²) in [6.07, 6.45) is 1.18. The van der Waals surface area contributed by atoms with Crippen LogP contribution in [0.3, 0.4) is 0 Å². The number of hydrogen-bond donors (Lipinski definition) is 0. The van der Waals surface area contributed by atoms with Crippen LogP contribution < -0.4 is 0 Å². The average Bonchev–Trinajstić information content (AvgIpc) is 2.48. The largest absolute Gasteiger partial charge is 0.228 e. The zero-order valence-corrected chi connectivity index (χ0v) is 9.58. The van der Waals surface area contributed by atoms with Crippen molar-refractivity contribution in [1.82, 2.24) is 10.2 Å². The molecule has 0 radical (unpaired) electrons. The zero-order valence-electron chi connectivity index (χ0n) is 7.19. The van der Waals surface area contributed by atoms with E-state index in [9.17, 15) is 8.42 Å². The van der Waals surface area contributed by atoms with Gasteiger partial charge in [-0.05, 0) is 6.92 Å². The summed E-state index contributed by atoms with van der Waals surface area (Å²) in [7, 11) is -3.09. The highest BCUT2D eigenvalue weighted by Gasteiger charge is 2.21. The number of rotatable bonds is 3. The number of nitrogens with zero attached hydrogens (tertiary/aromatic N) is 2. The molecule has 0 amide bonds. The number of sulfone groups is 1. The molecule has 4 nitrogen and oxygen atoms in total. The molecule has 1 rings (SSSR count). The summed E-state index contributed by atoms with van der Waals surface area (Å²) in [6.45, 7) is 1.59. The molecule has 1 heterocycles. The van der Waals surface area contributed by atoms with Crippen LogP contribution in [-0.2, 0) is 15.7 Å². The molecule has 0 saturated carbocycles. The van der Waals surface area contributed by atoms with Crippen molar-refractivity contribution in [2.45, 2.75) is 18.1 Å². The van der Waals surface area contributed by atoms with Crippen molar-refractivity contribution in [3.63, 3.8) is 0 Å². The molecule has 0 bridgehead atoms. The highest BCUT2D eigenvalue weighted by molar-refractivity contribution is 7.91. The van der Waals surface area contributed by atoms with Gasteiger partial charge in [-0.2, -0.15) is 0 Å². The number of halogens is 1. The third-order valence-electron chi connectivity index (χ3n) is 1.59. The Balaban J connectivity index is 2.96. The molecular weight excluding hydrogens is 232 g/mol. The van der Waals surface area contributed by atoms with Gasteiger partial charge >= 0.3 is 0 Å². The van der Waals surface area contributed by atoms with E-state index in [1.807, 2.05) is 0 Å². The van der Waals surface area contributed by atoms with Crippen LogP contribution in [0.1, 0.15) is 22.2 Å². The van der Waals surface area contributed by atoms with Crippen molar-refractivity contribution in [3.05, 3.63) is 10.0 Å². The van der Waals surface area contributed by atoms with Gasteiger partial charge in [-0.15, -0.1) is 21.8 Å². The van der Waals surface area contributed by atoms with E-state index in [0.717, 1.165) is 0 Å². The molecule has 0 fully saturated rings. The zero-order chi connectivity index (χ0) is 10.1. The van der Waals surface area contributed by atoms with Gasteiger partial charge in [0.1, 0.15) is 15.3 Å². The normalized spacial score (nSPS) is 14.4. The average molecular weight is 241 g/mol. The SMILES string of the molecule is CC(c1nnc(CCl)s1)S(C)(=O)=O. The molecule has 1 aromatic heterocycles. The number of hydrogen-bond acceptors (Lipinski definition) is 5. The summed E-state index contributed by atoms with van der Waals surface area (Å²) < 4.78 is 22.3. The third-order valence-corrected chi connectivity index (χ3v) is 4.76. The molecule has 0 saturated heterocycles. The third kappa shape index (κ3) is 2.62. The van der Waals surface area contributed by atoms with Crippen molar-refractivity contribution in [1.29, 1.82) is 0 Å². The second-order valence-corrected chi connectivity index (χ2v) is 6.37. The highest BCUT2D eigenvalue weighted by atomic mass is 35.5. The fourth-order valence-electron chi connectivity index (χ4n) is 0.668. The molecule has 0 aliphatic carbocycles. The topological polar surface area (TPSA) is 59.9 Å². The summed E-state index contributed by atoms with van der Waals surface area (Å²) in [4.78, 5) is 0. The first-order valence-electron chi connectivity index (χ1n) is 3.52. The summed E-state index contributed by atoms with van der Waals surface area (Å²) in [5.41, 5.74) is 0. The predicted molar refractivity (Wildman–Crippen MR) is 52.7 cm³/mol.